The number of nitrogens with one attached hydrogen (secondary N) is 3. The molecule has 0 spiro atoms. The highest BCUT2D eigenvalue weighted by molar-refractivity contribution is 7.91. The van der Waals surface area contributed by atoms with Gasteiger partial charge in [0.05, 0.1) is 11.8 Å². The van der Waals surface area contributed by atoms with Gasteiger partial charge in [0.25, 0.3) is 5.91 Å². The van der Waals surface area contributed by atoms with Gasteiger partial charge >= 0.3 is 6.09 Å². The standard InChI is InChI=1S/C41H55N5O10S/c1-6-40(5,7-2)56-39(50)43-33-25(4)20-24(3)10-8-9-11-26-22-41(26,38(49)45-57(51,52)28-12-13-28)44-35(47)31-21-27(23-46(31)37(33)48)55-36-30-14-15-32-34(54-19-18-53-32)29(30)16-17-42-36/h9,11,14-17,24-28,31,33H,6-8,10,12-13,18-23H2,1-5H3,(H,43,50)(H,44,47)(H,45,49). The smallest absolute Gasteiger partial charge is 0.408 e. The summed E-state index contributed by atoms with van der Waals surface area (Å²) in [6.45, 7) is 10.5. The molecule has 5 aliphatic rings. The molecule has 16 heteroatoms. The highest BCUT2D eigenvalue weighted by Gasteiger charge is 2.62. The maximum atomic E-state index is 14.9. The van der Waals surface area contributed by atoms with Crippen molar-refractivity contribution in [1.82, 2.24) is 25.2 Å². The summed E-state index contributed by atoms with van der Waals surface area (Å²) in [4.78, 5) is 62.8. The van der Waals surface area contributed by atoms with Crippen LogP contribution in [-0.2, 0) is 29.1 Å². The minimum absolute atomic E-state index is 0.0322. The van der Waals surface area contributed by atoms with E-state index < -0.39 is 74.3 Å². The molecule has 7 rings (SSSR count). The van der Waals surface area contributed by atoms with Crippen molar-refractivity contribution in [3.05, 3.63) is 36.5 Å². The van der Waals surface area contributed by atoms with Crippen LogP contribution in [0.1, 0.15) is 92.4 Å². The van der Waals surface area contributed by atoms with E-state index in [1.807, 2.05) is 45.9 Å². The minimum Gasteiger partial charge on any atom is -0.486 e. The van der Waals surface area contributed by atoms with Crippen LogP contribution in [0.5, 0.6) is 17.4 Å². The monoisotopic (exact) mass is 809 g/mol. The van der Waals surface area contributed by atoms with E-state index >= 15 is 0 Å². The van der Waals surface area contributed by atoms with E-state index in [0.29, 0.717) is 68.6 Å². The molecule has 1 aromatic heterocycles. The summed E-state index contributed by atoms with van der Waals surface area (Å²) in [5, 5.41) is 6.54. The minimum atomic E-state index is -3.91. The van der Waals surface area contributed by atoms with Crippen LogP contribution in [-0.4, -0.2) is 96.5 Å². The van der Waals surface area contributed by atoms with Crippen LogP contribution >= 0.6 is 0 Å². The first-order chi connectivity index (χ1) is 27.2. The Morgan fingerprint density at radius 1 is 1.05 bits per heavy atom. The number of rotatable bonds is 9. The Kier molecular flexibility index (Phi) is 11.4. The third-order valence-electron chi connectivity index (χ3n) is 12.4. The predicted molar refractivity (Wildman–Crippen MR) is 210 cm³/mol. The van der Waals surface area contributed by atoms with Gasteiger partial charge in [-0.1, -0.05) is 39.8 Å². The van der Waals surface area contributed by atoms with E-state index in [0.717, 1.165) is 11.8 Å². The summed E-state index contributed by atoms with van der Waals surface area (Å²) >= 11 is 0. The lowest BCUT2D eigenvalue weighted by Gasteiger charge is -2.34. The number of alkyl carbamates (subject to hydrolysis) is 1. The number of benzene rings is 1. The molecule has 2 aliphatic carbocycles. The third kappa shape index (κ3) is 8.51. The molecule has 2 saturated carbocycles. The highest BCUT2D eigenvalue weighted by Crippen LogP contribution is 2.46. The second-order valence-electron chi connectivity index (χ2n) is 16.7. The summed E-state index contributed by atoms with van der Waals surface area (Å²) < 4.78 is 52.2. The van der Waals surface area contributed by atoms with Crippen molar-refractivity contribution in [2.24, 2.45) is 17.8 Å². The number of ether oxygens (including phenoxy) is 4. The normalized spacial score (nSPS) is 29.2. The molecule has 0 bridgehead atoms. The lowest BCUT2D eigenvalue weighted by molar-refractivity contribution is -0.142. The first kappa shape index (κ1) is 40.6. The first-order valence-electron chi connectivity index (χ1n) is 20.4. The van der Waals surface area contributed by atoms with Gasteiger partial charge in [-0.3, -0.25) is 19.1 Å². The van der Waals surface area contributed by atoms with E-state index in [4.69, 9.17) is 18.9 Å². The molecule has 4 amide bonds. The summed E-state index contributed by atoms with van der Waals surface area (Å²) in [5.74, 6) is -1.10. The van der Waals surface area contributed by atoms with E-state index in [-0.39, 0.29) is 37.1 Å². The van der Waals surface area contributed by atoms with Gasteiger partial charge < -0.3 is 34.5 Å². The van der Waals surface area contributed by atoms with E-state index in [9.17, 15) is 27.6 Å². The average Bonchev–Trinajstić information content (AvgIpc) is 4.12. The number of allylic oxidation sites excluding steroid dienone is 1. The summed E-state index contributed by atoms with van der Waals surface area (Å²) in [5.41, 5.74) is -2.26. The van der Waals surface area contributed by atoms with Crippen molar-refractivity contribution in [2.75, 3.05) is 19.8 Å². The number of carbonyl (C=O) groups excluding carboxylic acids is 4. The van der Waals surface area contributed by atoms with Gasteiger partial charge in [-0.2, -0.15) is 0 Å². The summed E-state index contributed by atoms with van der Waals surface area (Å²) in [7, 11) is -3.91. The topological polar surface area (TPSA) is 192 Å². The Bertz CT molecular complexity index is 2030. The first-order valence-corrected chi connectivity index (χ1v) is 21.9. The van der Waals surface area contributed by atoms with Gasteiger partial charge in [0.15, 0.2) is 11.5 Å². The largest absolute Gasteiger partial charge is 0.486 e. The zero-order valence-electron chi connectivity index (χ0n) is 33.4. The number of aromatic nitrogens is 1. The van der Waals surface area contributed by atoms with Crippen molar-refractivity contribution in [2.45, 2.75) is 127 Å². The van der Waals surface area contributed by atoms with E-state index in [2.05, 4.69) is 27.3 Å². The van der Waals surface area contributed by atoms with Crippen molar-refractivity contribution in [1.29, 1.82) is 0 Å². The predicted octanol–water partition coefficient (Wildman–Crippen LogP) is 4.52. The maximum Gasteiger partial charge on any atom is 0.408 e. The third-order valence-corrected chi connectivity index (χ3v) is 14.2. The lowest BCUT2D eigenvalue weighted by atomic mass is 9.88. The molecule has 7 unspecified atom stereocenters. The second-order valence-corrected chi connectivity index (χ2v) is 18.7. The fraction of sp³-hybridized carbons (Fsp3) is 0.634. The molecule has 1 aromatic carbocycles. The molecule has 0 radical (unpaired) electrons. The van der Waals surface area contributed by atoms with E-state index in [1.165, 1.54) is 4.90 Å². The fourth-order valence-corrected chi connectivity index (χ4v) is 9.63. The Balaban J connectivity index is 1.22. The van der Waals surface area contributed by atoms with Crippen molar-refractivity contribution >= 4 is 44.6 Å². The van der Waals surface area contributed by atoms with Crippen LogP contribution in [0.25, 0.3) is 10.8 Å². The van der Waals surface area contributed by atoms with Crippen LogP contribution in [0.3, 0.4) is 0 Å². The van der Waals surface area contributed by atoms with E-state index in [1.54, 1.807) is 18.3 Å². The molecule has 3 fully saturated rings. The molecule has 15 nitrogen and oxygen atoms in total. The second kappa shape index (κ2) is 16.0. The molecule has 2 aromatic rings. The van der Waals surface area contributed by atoms with Gasteiger partial charge in [0.2, 0.25) is 27.7 Å². The van der Waals surface area contributed by atoms with Gasteiger partial charge in [0, 0.05) is 29.3 Å². The number of hydrogen-bond donors (Lipinski definition) is 3. The van der Waals surface area contributed by atoms with Crippen LogP contribution in [0.2, 0.25) is 0 Å². The zero-order chi connectivity index (χ0) is 40.7. The Morgan fingerprint density at radius 3 is 2.54 bits per heavy atom. The molecule has 1 saturated heterocycles. The van der Waals surface area contributed by atoms with Gasteiger partial charge in [-0.15, -0.1) is 0 Å². The number of pyridine rings is 1. The number of sulfonamides is 1. The van der Waals surface area contributed by atoms with Crippen LogP contribution in [0, 0.1) is 17.8 Å². The number of fused-ring (bicyclic) bond motifs is 5. The number of nitrogens with zero attached hydrogens (tertiary/aromatic N) is 2. The van der Waals surface area contributed by atoms with Gasteiger partial charge in [-0.25, -0.2) is 18.2 Å². The Morgan fingerprint density at radius 2 is 1.81 bits per heavy atom. The van der Waals surface area contributed by atoms with Gasteiger partial charge in [-0.05, 0) is 88.3 Å². The molecule has 7 atom stereocenters. The molecular weight excluding hydrogens is 755 g/mol. The highest BCUT2D eigenvalue weighted by atomic mass is 32.2. The number of amides is 4. The Hall–Kier alpha value is -4.60. The molecule has 57 heavy (non-hydrogen) atoms. The van der Waals surface area contributed by atoms with Gasteiger partial charge in [0.1, 0.15) is 42.5 Å². The van der Waals surface area contributed by atoms with Crippen molar-refractivity contribution in [3.8, 4) is 17.4 Å². The summed E-state index contributed by atoms with van der Waals surface area (Å²) in [6, 6.07) is 3.23. The fourth-order valence-electron chi connectivity index (χ4n) is 8.26. The molecule has 3 N–H and O–H groups in total. The number of carbonyl (C=O) groups is 4. The van der Waals surface area contributed by atoms with Crippen LogP contribution < -0.4 is 29.6 Å². The quantitative estimate of drug-likeness (QED) is 0.302. The van der Waals surface area contributed by atoms with Crippen molar-refractivity contribution in [3.63, 3.8) is 0 Å². The molecular formula is C41H55N5O10S. The average molecular weight is 810 g/mol. The SMILES string of the molecule is CCC(C)(CC)OC(=O)NC1C(=O)N2CC(Oc3nccc4c5c(ccc34)OCCO5)CC2C(=O)NC2(C(=O)NS(=O)(=O)C3CC3)CC2C=CCCC(C)CC1C. The molecule has 310 valence electrons. The van der Waals surface area contributed by atoms with Crippen molar-refractivity contribution < 1.29 is 46.5 Å². The zero-order valence-corrected chi connectivity index (χ0v) is 34.2. The lowest BCUT2D eigenvalue weighted by Crippen LogP contribution is -2.59. The van der Waals surface area contributed by atoms with Crippen LogP contribution in [0.4, 0.5) is 4.79 Å². The number of hydrogen-bond acceptors (Lipinski definition) is 11. The van der Waals surface area contributed by atoms with Crippen LogP contribution in [0.15, 0.2) is 36.5 Å². The summed E-state index contributed by atoms with van der Waals surface area (Å²) in [6.07, 6.45) is 8.34. The molecule has 4 heterocycles. The Labute approximate surface area is 334 Å². The maximum absolute atomic E-state index is 14.9. The molecule has 3 aliphatic heterocycles.